The van der Waals surface area contributed by atoms with Crippen LogP contribution in [0.2, 0.25) is 0 Å². The maximum absolute atomic E-state index is 6.28. The van der Waals surface area contributed by atoms with Crippen LogP contribution < -0.4 is 18.9 Å². The van der Waals surface area contributed by atoms with Crippen molar-refractivity contribution in [3.05, 3.63) is 91.7 Å². The van der Waals surface area contributed by atoms with Crippen LogP contribution in [0.15, 0.2) is 47.2 Å². The molecule has 0 spiro atoms. The molecule has 274 valence electrons. The zero-order valence-corrected chi connectivity index (χ0v) is 33.6. The van der Waals surface area contributed by atoms with Gasteiger partial charge in [-0.1, -0.05) is 49.1 Å². The SMILES string of the molecule is CC1c2cc3c4c5c(cc6ccc7c8c9c%10c%11c(cc(c%12c2c4c(c%11%12)c9c5c68)C1C#Cc1cc(-c2scc4c2OCCO4)sc1-c1scc2c1OCCO2)CC%10C7)C3. The molecule has 58 heavy (non-hydrogen) atoms. The van der Waals surface area contributed by atoms with Crippen molar-refractivity contribution in [2.75, 3.05) is 26.4 Å². The molecule has 0 saturated carbocycles. The van der Waals surface area contributed by atoms with Crippen molar-refractivity contribution in [1.29, 1.82) is 0 Å². The van der Waals surface area contributed by atoms with E-state index in [0.29, 0.717) is 32.3 Å². The highest BCUT2D eigenvalue weighted by atomic mass is 32.1. The van der Waals surface area contributed by atoms with Crippen molar-refractivity contribution < 1.29 is 18.9 Å². The first-order valence-electron chi connectivity index (χ1n) is 20.6. The van der Waals surface area contributed by atoms with E-state index in [1.165, 1.54) is 38.4 Å². The Kier molecular flexibility index (Phi) is 4.86. The van der Waals surface area contributed by atoms with Crippen LogP contribution in [0, 0.1) is 11.8 Å². The first-order chi connectivity index (χ1) is 28.7. The minimum Gasteiger partial charge on any atom is -0.485 e. The van der Waals surface area contributed by atoms with Gasteiger partial charge in [-0.15, -0.1) is 34.0 Å². The number of hydrogen-bond acceptors (Lipinski definition) is 7. The molecule has 11 aromatic rings. The number of rotatable bonds is 2. The lowest BCUT2D eigenvalue weighted by atomic mass is 9.74. The fraction of sp³-hybridized carbons (Fsp3) is 0.216. The lowest BCUT2D eigenvalue weighted by Crippen LogP contribution is -2.14. The van der Waals surface area contributed by atoms with Crippen molar-refractivity contribution in [2.24, 2.45) is 0 Å². The lowest BCUT2D eigenvalue weighted by Gasteiger charge is -2.28. The molecule has 4 aliphatic carbocycles. The summed E-state index contributed by atoms with van der Waals surface area (Å²) in [5.74, 6) is 12.1. The lowest BCUT2D eigenvalue weighted by molar-refractivity contribution is 0.174. The molecule has 3 unspecified atom stereocenters. The minimum atomic E-state index is 0.0604. The number of hydrogen-bond donors (Lipinski definition) is 0. The second-order valence-electron chi connectivity index (χ2n) is 17.6. The first-order valence-corrected chi connectivity index (χ1v) is 23.2. The normalized spacial score (nSPS) is 20.6. The third kappa shape index (κ3) is 3.07. The van der Waals surface area contributed by atoms with Gasteiger partial charge in [0.25, 0.3) is 0 Å². The van der Waals surface area contributed by atoms with Gasteiger partial charge in [0.1, 0.15) is 26.4 Å². The van der Waals surface area contributed by atoms with Crippen LogP contribution in [0.25, 0.3) is 94.9 Å². The van der Waals surface area contributed by atoms with E-state index in [0.717, 1.165) is 67.3 Å². The summed E-state index contributed by atoms with van der Waals surface area (Å²) in [6.45, 7) is 4.72. The third-order valence-corrected chi connectivity index (χ3v) is 18.4. The third-order valence-electron chi connectivity index (χ3n) is 15.1. The van der Waals surface area contributed by atoms with E-state index in [1.807, 2.05) is 0 Å². The predicted molar refractivity (Wildman–Crippen MR) is 238 cm³/mol. The van der Waals surface area contributed by atoms with Crippen molar-refractivity contribution in [3.63, 3.8) is 0 Å². The van der Waals surface area contributed by atoms with Crippen LogP contribution in [-0.2, 0) is 19.3 Å². The highest BCUT2D eigenvalue weighted by Crippen LogP contribution is 2.66. The largest absolute Gasteiger partial charge is 0.485 e. The quantitative estimate of drug-likeness (QED) is 0.129. The van der Waals surface area contributed by atoms with Crippen molar-refractivity contribution >= 4 is 109 Å². The Hall–Kier alpha value is -5.52. The van der Waals surface area contributed by atoms with Crippen LogP contribution in [0.1, 0.15) is 69.2 Å². The Morgan fingerprint density at radius 1 is 0.569 bits per heavy atom. The van der Waals surface area contributed by atoms with Crippen LogP contribution >= 0.6 is 34.0 Å². The number of fused-ring (bicyclic) bond motifs is 2. The molecule has 8 aromatic carbocycles. The Balaban J connectivity index is 0.955. The van der Waals surface area contributed by atoms with E-state index in [2.05, 4.69) is 65.9 Å². The fourth-order valence-corrected chi connectivity index (χ4v) is 16.4. The minimum absolute atomic E-state index is 0.0604. The van der Waals surface area contributed by atoms with E-state index in [-0.39, 0.29) is 11.8 Å². The molecule has 7 heteroatoms. The maximum Gasteiger partial charge on any atom is 0.180 e. The molecule has 4 nitrogen and oxygen atoms in total. The molecule has 0 bridgehead atoms. The average Bonchev–Trinajstić information content (AvgIpc) is 4.11. The van der Waals surface area contributed by atoms with Crippen LogP contribution in [-0.4, -0.2) is 26.4 Å². The monoisotopic (exact) mass is 800 g/mol. The summed E-state index contributed by atoms with van der Waals surface area (Å²) in [6.07, 6.45) is 3.28. The maximum atomic E-state index is 6.28. The summed E-state index contributed by atoms with van der Waals surface area (Å²) < 4.78 is 24.5. The van der Waals surface area contributed by atoms with Crippen LogP contribution in [0.5, 0.6) is 23.0 Å². The van der Waals surface area contributed by atoms with Gasteiger partial charge in [0, 0.05) is 16.3 Å². The molecule has 0 saturated heterocycles. The van der Waals surface area contributed by atoms with Crippen molar-refractivity contribution in [3.8, 4) is 54.3 Å². The molecule has 17 rings (SSSR count). The number of ether oxygens (including phenoxy) is 4. The number of benzene rings is 6. The number of thiophene rings is 3. The second-order valence-corrected chi connectivity index (χ2v) is 20.4. The van der Waals surface area contributed by atoms with Gasteiger partial charge in [-0.05, 0) is 152 Å². The fourth-order valence-electron chi connectivity index (χ4n) is 13.1. The van der Waals surface area contributed by atoms with Gasteiger partial charge < -0.3 is 18.9 Å². The summed E-state index contributed by atoms with van der Waals surface area (Å²) in [4.78, 5) is 4.48. The molecule has 0 radical (unpaired) electrons. The zero-order valence-electron chi connectivity index (χ0n) is 31.2. The molecule has 0 fully saturated rings. The van der Waals surface area contributed by atoms with E-state index < -0.39 is 0 Å². The summed E-state index contributed by atoms with van der Waals surface area (Å²) in [6, 6.07) is 15.0. The highest BCUT2D eigenvalue weighted by molar-refractivity contribution is 7.26. The van der Waals surface area contributed by atoms with E-state index in [9.17, 15) is 0 Å². The van der Waals surface area contributed by atoms with Gasteiger partial charge in [-0.3, -0.25) is 0 Å². The Morgan fingerprint density at radius 2 is 1.22 bits per heavy atom. The summed E-state index contributed by atoms with van der Waals surface area (Å²) in [5, 5.41) is 25.9. The predicted octanol–water partition coefficient (Wildman–Crippen LogP) is 12.9. The molecule has 2 aliphatic heterocycles. The molecule has 5 heterocycles. The molecular weight excluding hydrogens is 773 g/mol. The van der Waals surface area contributed by atoms with E-state index in [1.54, 1.807) is 110 Å². The molecule has 3 aromatic heterocycles. The van der Waals surface area contributed by atoms with Gasteiger partial charge in [-0.25, -0.2) is 0 Å². The Morgan fingerprint density at radius 3 is 2.09 bits per heavy atom. The summed E-state index contributed by atoms with van der Waals surface area (Å²) >= 11 is 5.15. The Labute approximate surface area is 342 Å². The molecule has 0 amide bonds. The second kappa shape index (κ2) is 9.50. The van der Waals surface area contributed by atoms with Gasteiger partial charge in [-0.2, -0.15) is 0 Å². The van der Waals surface area contributed by atoms with Gasteiger partial charge in [0.05, 0.1) is 25.4 Å². The summed E-state index contributed by atoms with van der Waals surface area (Å²) in [7, 11) is 0. The van der Waals surface area contributed by atoms with E-state index >= 15 is 0 Å². The zero-order chi connectivity index (χ0) is 37.0. The van der Waals surface area contributed by atoms with E-state index in [4.69, 9.17) is 18.9 Å². The van der Waals surface area contributed by atoms with Crippen LogP contribution in [0.3, 0.4) is 0 Å². The topological polar surface area (TPSA) is 36.9 Å². The van der Waals surface area contributed by atoms with Crippen molar-refractivity contribution in [1.82, 2.24) is 0 Å². The first kappa shape index (κ1) is 29.7. The Bertz CT molecular complexity index is 3830. The molecule has 0 N–H and O–H groups in total. The molecular formula is C51H28O4S3. The van der Waals surface area contributed by atoms with Gasteiger partial charge in [0.15, 0.2) is 23.0 Å². The standard InChI is InChI=1S/C51H28O4S3/c1-19-27(5-4-22-16-32(50-47-30(17-56-50)52-6-8-54-47)58-49(22)51-48-31(18-57-51)53-7-9-55-48)29-15-26-13-24-11-21-3-2-20-10-23-12-25-14-28(19)39-40(29)44-38(26)36(24)42-34(21)33(20)41-35(23)37(25)43(39)46(44)45(41)42/h2-3,10,14-19,24,27H,6-9,11-13H2,1H3. The van der Waals surface area contributed by atoms with Crippen LogP contribution in [0.4, 0.5) is 0 Å². The van der Waals surface area contributed by atoms with Gasteiger partial charge in [0.2, 0.25) is 0 Å². The van der Waals surface area contributed by atoms with Crippen molar-refractivity contribution in [2.45, 2.75) is 43.9 Å². The summed E-state index contributed by atoms with van der Waals surface area (Å²) in [5.41, 5.74) is 11.8. The molecule has 3 atom stereocenters. The highest BCUT2D eigenvalue weighted by Gasteiger charge is 2.43. The molecule has 6 aliphatic rings. The average molecular weight is 801 g/mol. The smallest absolute Gasteiger partial charge is 0.180 e. The van der Waals surface area contributed by atoms with Gasteiger partial charge >= 0.3 is 0 Å².